The number of allylic oxidation sites excluding steroid dienone is 1. The van der Waals surface area contributed by atoms with Crippen molar-refractivity contribution < 1.29 is 32.6 Å². The summed E-state index contributed by atoms with van der Waals surface area (Å²) in [7, 11) is 0. The minimum atomic E-state index is -4.44. The number of aryl methyl sites for hydroxylation is 1. The number of alkyl halides is 3. The van der Waals surface area contributed by atoms with Crippen molar-refractivity contribution in [3.63, 3.8) is 0 Å². The number of benzene rings is 3. The Morgan fingerprint density at radius 1 is 1.10 bits per heavy atom. The van der Waals surface area contributed by atoms with E-state index in [1.807, 2.05) is 25.1 Å². The molecule has 0 bridgehead atoms. The molecule has 212 valence electrons. The van der Waals surface area contributed by atoms with Crippen molar-refractivity contribution in [3.05, 3.63) is 89.0 Å². The van der Waals surface area contributed by atoms with Gasteiger partial charge in [-0.25, -0.2) is 4.79 Å². The lowest BCUT2D eigenvalue weighted by Gasteiger charge is -2.29. The zero-order chi connectivity index (χ0) is 29.0. The highest BCUT2D eigenvalue weighted by molar-refractivity contribution is 6.05. The third kappa shape index (κ3) is 7.23. The number of carboxylic acid groups (broad SMARTS) is 1. The Morgan fingerprint density at radius 3 is 2.45 bits per heavy atom. The fourth-order valence-corrected chi connectivity index (χ4v) is 5.52. The molecule has 40 heavy (non-hydrogen) atoms. The van der Waals surface area contributed by atoms with Crippen LogP contribution in [-0.4, -0.2) is 23.0 Å². The molecule has 1 amide bonds. The summed E-state index contributed by atoms with van der Waals surface area (Å²) in [6, 6.07) is 12.6. The van der Waals surface area contributed by atoms with Crippen LogP contribution in [0.15, 0.2) is 66.7 Å². The molecule has 2 N–H and O–H groups in total. The predicted molar refractivity (Wildman–Crippen MR) is 148 cm³/mol. The van der Waals surface area contributed by atoms with Crippen LogP contribution in [0, 0.1) is 18.8 Å². The van der Waals surface area contributed by atoms with Crippen molar-refractivity contribution in [2.45, 2.75) is 64.8 Å². The van der Waals surface area contributed by atoms with Crippen LogP contribution in [0.1, 0.15) is 66.1 Å². The Kier molecular flexibility index (Phi) is 8.86. The maximum absolute atomic E-state index is 13.4. The van der Waals surface area contributed by atoms with E-state index >= 15 is 0 Å². The van der Waals surface area contributed by atoms with E-state index in [1.54, 1.807) is 12.1 Å². The van der Waals surface area contributed by atoms with Crippen LogP contribution >= 0.6 is 0 Å². The van der Waals surface area contributed by atoms with Crippen LogP contribution in [0.5, 0.6) is 5.75 Å². The molecule has 1 fully saturated rings. The predicted octanol–water partition coefficient (Wildman–Crippen LogP) is 7.70. The van der Waals surface area contributed by atoms with E-state index in [0.29, 0.717) is 35.6 Å². The van der Waals surface area contributed by atoms with Gasteiger partial charge in [-0.1, -0.05) is 55.0 Å². The summed E-state index contributed by atoms with van der Waals surface area (Å²) in [5, 5.41) is 14.0. The minimum absolute atomic E-state index is 0.0718. The van der Waals surface area contributed by atoms with Gasteiger partial charge in [0.05, 0.1) is 11.1 Å². The first kappa shape index (κ1) is 29.2. The number of aliphatic carboxylic acids is 1. The summed E-state index contributed by atoms with van der Waals surface area (Å²) in [5.41, 5.74) is 2.01. The average Bonchev–Trinajstić information content (AvgIpc) is 2.88. The molecule has 0 aliphatic heterocycles. The SMILES string of the molecule is C=C1CC(C)CC(CC[C@H](NC(=O)c2ccc3ccc(C)cc3c2OCc2ccc(C(F)(F)F)cc2)C(=O)O)C1. The van der Waals surface area contributed by atoms with Crippen molar-refractivity contribution in [2.75, 3.05) is 0 Å². The van der Waals surface area contributed by atoms with E-state index in [9.17, 15) is 27.9 Å². The Morgan fingerprint density at radius 2 is 1.80 bits per heavy atom. The number of carbonyl (C=O) groups excluding carboxylic acids is 1. The third-order valence-electron chi connectivity index (χ3n) is 7.45. The Hall–Kier alpha value is -3.81. The molecular weight excluding hydrogens is 519 g/mol. The topological polar surface area (TPSA) is 75.6 Å². The van der Waals surface area contributed by atoms with Gasteiger partial charge in [0.25, 0.3) is 5.91 Å². The van der Waals surface area contributed by atoms with Crippen molar-refractivity contribution in [1.29, 1.82) is 0 Å². The Balaban J connectivity index is 1.55. The molecule has 3 atom stereocenters. The number of carbonyl (C=O) groups is 2. The van der Waals surface area contributed by atoms with E-state index in [2.05, 4.69) is 18.8 Å². The third-order valence-corrected chi connectivity index (χ3v) is 7.45. The lowest BCUT2D eigenvalue weighted by molar-refractivity contribution is -0.139. The number of fused-ring (bicyclic) bond motifs is 1. The van der Waals surface area contributed by atoms with Gasteiger partial charge < -0.3 is 15.2 Å². The number of nitrogens with one attached hydrogen (secondary N) is 1. The molecule has 0 radical (unpaired) electrons. The standard InChI is InChI=1S/C32H34F3NO4/c1-19-4-8-24-9-12-26(29(27(24)17-19)40-18-22-5-10-25(11-6-22)32(33,34)35)30(37)36-28(31(38)39)13-7-23-15-20(2)14-21(3)16-23/h4-6,8-12,17,21,23,28H,2,7,13-16,18H2,1,3H3,(H,36,37)(H,38,39)/t21?,23?,28-/m0/s1. The molecule has 1 aliphatic rings. The maximum atomic E-state index is 13.4. The molecule has 0 spiro atoms. The number of carboxylic acids is 1. The molecule has 4 rings (SSSR count). The number of halogens is 3. The van der Waals surface area contributed by atoms with Crippen LogP contribution < -0.4 is 10.1 Å². The quantitative estimate of drug-likeness (QED) is 0.266. The van der Waals surface area contributed by atoms with E-state index in [4.69, 9.17) is 4.74 Å². The number of hydrogen-bond acceptors (Lipinski definition) is 3. The summed E-state index contributed by atoms with van der Waals surface area (Å²) in [5.74, 6) is -0.601. The highest BCUT2D eigenvalue weighted by Gasteiger charge is 2.30. The molecule has 0 saturated heterocycles. The van der Waals surface area contributed by atoms with Crippen molar-refractivity contribution >= 4 is 22.6 Å². The van der Waals surface area contributed by atoms with Gasteiger partial charge in [-0.05, 0) is 86.1 Å². The summed E-state index contributed by atoms with van der Waals surface area (Å²) >= 11 is 0. The Bertz CT molecular complexity index is 1400. The lowest BCUT2D eigenvalue weighted by Crippen LogP contribution is -2.41. The van der Waals surface area contributed by atoms with Crippen molar-refractivity contribution in [2.24, 2.45) is 11.8 Å². The molecule has 1 aliphatic carbocycles. The van der Waals surface area contributed by atoms with Gasteiger partial charge in [-0.3, -0.25) is 4.79 Å². The lowest BCUT2D eigenvalue weighted by atomic mass is 9.77. The van der Waals surface area contributed by atoms with E-state index in [0.717, 1.165) is 42.3 Å². The molecule has 0 aromatic heterocycles. The molecule has 2 unspecified atom stereocenters. The van der Waals surface area contributed by atoms with Gasteiger partial charge in [0.1, 0.15) is 18.4 Å². The monoisotopic (exact) mass is 553 g/mol. The van der Waals surface area contributed by atoms with Gasteiger partial charge >= 0.3 is 12.1 Å². The van der Waals surface area contributed by atoms with Crippen molar-refractivity contribution in [3.8, 4) is 5.75 Å². The highest BCUT2D eigenvalue weighted by atomic mass is 19.4. The maximum Gasteiger partial charge on any atom is 0.416 e. The second-order valence-corrected chi connectivity index (χ2v) is 11.0. The highest BCUT2D eigenvalue weighted by Crippen LogP contribution is 2.35. The van der Waals surface area contributed by atoms with E-state index in [1.165, 1.54) is 17.7 Å². The van der Waals surface area contributed by atoms with Crippen LogP contribution in [0.4, 0.5) is 13.2 Å². The number of amides is 1. The second-order valence-electron chi connectivity index (χ2n) is 11.0. The molecule has 1 saturated carbocycles. The normalized spacial score (nSPS) is 18.4. The largest absolute Gasteiger partial charge is 0.487 e. The van der Waals surface area contributed by atoms with E-state index in [-0.39, 0.29) is 17.9 Å². The summed E-state index contributed by atoms with van der Waals surface area (Å²) in [4.78, 5) is 25.5. The second kappa shape index (κ2) is 12.1. The number of hydrogen-bond donors (Lipinski definition) is 2. The van der Waals surface area contributed by atoms with Gasteiger partial charge in [-0.2, -0.15) is 13.2 Å². The van der Waals surface area contributed by atoms with Crippen LogP contribution in [-0.2, 0) is 17.6 Å². The van der Waals surface area contributed by atoms with Crippen LogP contribution in [0.2, 0.25) is 0 Å². The van der Waals surface area contributed by atoms with Crippen molar-refractivity contribution in [1.82, 2.24) is 5.32 Å². The first-order valence-electron chi connectivity index (χ1n) is 13.4. The minimum Gasteiger partial charge on any atom is -0.487 e. The summed E-state index contributed by atoms with van der Waals surface area (Å²) in [6.45, 7) is 8.10. The van der Waals surface area contributed by atoms with Gasteiger partial charge in [0.2, 0.25) is 0 Å². The smallest absolute Gasteiger partial charge is 0.416 e. The number of rotatable bonds is 9. The number of ether oxygens (including phenoxy) is 1. The molecule has 0 heterocycles. The first-order chi connectivity index (χ1) is 18.9. The molecule has 5 nitrogen and oxygen atoms in total. The molecule has 3 aromatic carbocycles. The fraction of sp³-hybridized carbons (Fsp3) is 0.375. The Labute approximate surface area is 232 Å². The summed E-state index contributed by atoms with van der Waals surface area (Å²) in [6.07, 6.45) is -0.620. The average molecular weight is 554 g/mol. The van der Waals surface area contributed by atoms with Gasteiger partial charge in [0.15, 0.2) is 0 Å². The molecular formula is C32H34F3NO4. The zero-order valence-corrected chi connectivity index (χ0v) is 22.7. The molecule has 8 heteroatoms. The van der Waals surface area contributed by atoms with Crippen LogP contribution in [0.25, 0.3) is 10.8 Å². The van der Waals surface area contributed by atoms with E-state index < -0.39 is 29.7 Å². The fourth-order valence-electron chi connectivity index (χ4n) is 5.52. The first-order valence-corrected chi connectivity index (χ1v) is 13.4. The summed E-state index contributed by atoms with van der Waals surface area (Å²) < 4.78 is 44.9. The molecule has 3 aromatic rings. The van der Waals surface area contributed by atoms with Gasteiger partial charge in [-0.15, -0.1) is 0 Å². The zero-order valence-electron chi connectivity index (χ0n) is 22.7. The van der Waals surface area contributed by atoms with Crippen LogP contribution in [0.3, 0.4) is 0 Å². The van der Waals surface area contributed by atoms with Gasteiger partial charge in [0, 0.05) is 5.39 Å².